The van der Waals surface area contributed by atoms with E-state index in [0.717, 1.165) is 38.2 Å². The Balaban J connectivity index is 1.68. The molecule has 0 aromatic heterocycles. The predicted octanol–water partition coefficient (Wildman–Crippen LogP) is 3.60. The average Bonchev–Trinajstić information content (AvgIpc) is 2.71. The van der Waals surface area contributed by atoms with Crippen molar-refractivity contribution in [2.75, 3.05) is 20.2 Å². The molecule has 1 aliphatic rings. The molecule has 0 radical (unpaired) electrons. The van der Waals surface area contributed by atoms with Gasteiger partial charge in [-0.1, -0.05) is 35.9 Å². The third kappa shape index (κ3) is 3.45. The number of nitrogens with zero attached hydrogens (tertiary/aromatic N) is 1. The highest BCUT2D eigenvalue weighted by molar-refractivity contribution is 5.36. The van der Waals surface area contributed by atoms with Crippen molar-refractivity contribution in [2.24, 2.45) is 0 Å². The molecule has 0 saturated heterocycles. The van der Waals surface area contributed by atoms with E-state index >= 15 is 0 Å². The first-order valence-corrected chi connectivity index (χ1v) is 7.68. The molecule has 2 heteroatoms. The highest BCUT2D eigenvalue weighted by Gasteiger charge is 2.14. The number of hydrogen-bond donors (Lipinski definition) is 0. The summed E-state index contributed by atoms with van der Waals surface area (Å²) in [6.07, 6.45) is 2.24. The van der Waals surface area contributed by atoms with E-state index in [-0.39, 0.29) is 0 Å². The Labute approximate surface area is 127 Å². The Morgan fingerprint density at radius 3 is 2.38 bits per heavy atom. The standard InChI is InChI=1S/C19H23NO/c1-15-3-5-16(6-4-15)14-20-11-9-17-7-8-19(21-2)13-18(17)10-12-20/h3-8,13H,9-12,14H2,1-2H3. The van der Waals surface area contributed by atoms with Crippen molar-refractivity contribution in [1.82, 2.24) is 4.90 Å². The van der Waals surface area contributed by atoms with Gasteiger partial charge in [-0.2, -0.15) is 0 Å². The van der Waals surface area contributed by atoms with Gasteiger partial charge in [0.1, 0.15) is 5.75 Å². The molecule has 0 fully saturated rings. The molecule has 0 bridgehead atoms. The summed E-state index contributed by atoms with van der Waals surface area (Å²) >= 11 is 0. The molecular formula is C19H23NO. The minimum atomic E-state index is 0.973. The first kappa shape index (κ1) is 14.2. The molecule has 2 nitrogen and oxygen atoms in total. The van der Waals surface area contributed by atoms with E-state index in [1.54, 1.807) is 7.11 Å². The summed E-state index contributed by atoms with van der Waals surface area (Å²) in [6, 6.07) is 15.4. The van der Waals surface area contributed by atoms with E-state index < -0.39 is 0 Å². The van der Waals surface area contributed by atoms with Crippen LogP contribution in [0.5, 0.6) is 5.75 Å². The van der Waals surface area contributed by atoms with Crippen LogP contribution in [0, 0.1) is 6.92 Å². The van der Waals surface area contributed by atoms with E-state index in [1.807, 2.05) is 0 Å². The Morgan fingerprint density at radius 1 is 0.952 bits per heavy atom. The second-order valence-electron chi connectivity index (χ2n) is 5.90. The summed E-state index contributed by atoms with van der Waals surface area (Å²) in [7, 11) is 1.74. The van der Waals surface area contributed by atoms with Gasteiger partial charge in [-0.15, -0.1) is 0 Å². The molecule has 0 amide bonds. The quantitative estimate of drug-likeness (QED) is 0.852. The summed E-state index contributed by atoms with van der Waals surface area (Å²) in [5.41, 5.74) is 5.65. The number of benzene rings is 2. The van der Waals surface area contributed by atoms with E-state index in [2.05, 4.69) is 54.3 Å². The number of aryl methyl sites for hydroxylation is 1. The maximum atomic E-state index is 5.34. The highest BCUT2D eigenvalue weighted by Crippen LogP contribution is 2.22. The molecule has 0 N–H and O–H groups in total. The van der Waals surface area contributed by atoms with Gasteiger partial charge in [-0.25, -0.2) is 0 Å². The minimum absolute atomic E-state index is 0.973. The van der Waals surface area contributed by atoms with E-state index in [9.17, 15) is 0 Å². The fraction of sp³-hybridized carbons (Fsp3) is 0.368. The van der Waals surface area contributed by atoms with Crippen molar-refractivity contribution in [2.45, 2.75) is 26.3 Å². The van der Waals surface area contributed by atoms with Crippen LogP contribution in [-0.2, 0) is 19.4 Å². The lowest BCUT2D eigenvalue weighted by Crippen LogP contribution is -2.25. The Morgan fingerprint density at radius 2 is 1.67 bits per heavy atom. The number of methoxy groups -OCH3 is 1. The van der Waals surface area contributed by atoms with Crippen LogP contribution in [0.25, 0.3) is 0 Å². The van der Waals surface area contributed by atoms with Gasteiger partial charge in [0.2, 0.25) is 0 Å². The molecule has 1 heterocycles. The summed E-state index contributed by atoms with van der Waals surface area (Å²) in [5, 5.41) is 0. The van der Waals surface area contributed by atoms with Crippen LogP contribution in [0.3, 0.4) is 0 Å². The Hall–Kier alpha value is -1.80. The van der Waals surface area contributed by atoms with E-state index in [1.165, 1.54) is 22.3 Å². The van der Waals surface area contributed by atoms with Crippen LogP contribution in [0.1, 0.15) is 22.3 Å². The fourth-order valence-electron chi connectivity index (χ4n) is 2.98. The van der Waals surface area contributed by atoms with Gasteiger partial charge < -0.3 is 4.74 Å². The third-order valence-electron chi connectivity index (χ3n) is 4.33. The molecule has 0 atom stereocenters. The Bertz CT molecular complexity index is 603. The average molecular weight is 281 g/mol. The minimum Gasteiger partial charge on any atom is -0.497 e. The van der Waals surface area contributed by atoms with Crippen molar-refractivity contribution < 1.29 is 4.74 Å². The van der Waals surface area contributed by atoms with E-state index in [4.69, 9.17) is 4.74 Å². The zero-order chi connectivity index (χ0) is 14.7. The van der Waals surface area contributed by atoms with Gasteiger partial charge in [-0.3, -0.25) is 4.90 Å². The summed E-state index contributed by atoms with van der Waals surface area (Å²) < 4.78 is 5.34. The van der Waals surface area contributed by atoms with Gasteiger partial charge in [-0.05, 0) is 48.6 Å². The molecule has 21 heavy (non-hydrogen) atoms. The topological polar surface area (TPSA) is 12.5 Å². The SMILES string of the molecule is COc1ccc2c(c1)CCN(Cc1ccc(C)cc1)CC2. The van der Waals surface area contributed by atoms with Crippen LogP contribution in [-0.4, -0.2) is 25.1 Å². The van der Waals surface area contributed by atoms with Gasteiger partial charge >= 0.3 is 0 Å². The summed E-state index contributed by atoms with van der Waals surface area (Å²) in [5.74, 6) is 0.973. The second kappa shape index (κ2) is 6.31. The fourth-order valence-corrected chi connectivity index (χ4v) is 2.98. The predicted molar refractivity (Wildman–Crippen MR) is 86.9 cm³/mol. The first-order valence-electron chi connectivity index (χ1n) is 7.68. The van der Waals surface area contributed by atoms with Crippen LogP contribution in [0.15, 0.2) is 42.5 Å². The van der Waals surface area contributed by atoms with Gasteiger partial charge in [0, 0.05) is 19.6 Å². The molecule has 2 aromatic carbocycles. The third-order valence-corrected chi connectivity index (χ3v) is 4.33. The molecule has 0 aliphatic carbocycles. The summed E-state index contributed by atoms with van der Waals surface area (Å²) in [6.45, 7) is 5.44. The smallest absolute Gasteiger partial charge is 0.119 e. The van der Waals surface area contributed by atoms with Crippen LogP contribution in [0.2, 0.25) is 0 Å². The maximum absolute atomic E-state index is 5.34. The van der Waals surface area contributed by atoms with Crippen LogP contribution >= 0.6 is 0 Å². The van der Waals surface area contributed by atoms with Crippen molar-refractivity contribution >= 4 is 0 Å². The van der Waals surface area contributed by atoms with Gasteiger partial charge in [0.15, 0.2) is 0 Å². The lowest BCUT2D eigenvalue weighted by Gasteiger charge is -2.19. The first-order chi connectivity index (χ1) is 10.2. The van der Waals surface area contributed by atoms with Crippen LogP contribution < -0.4 is 4.74 Å². The molecular weight excluding hydrogens is 258 g/mol. The maximum Gasteiger partial charge on any atom is 0.119 e. The normalized spacial score (nSPS) is 15.3. The van der Waals surface area contributed by atoms with Gasteiger partial charge in [0.05, 0.1) is 7.11 Å². The zero-order valence-electron chi connectivity index (χ0n) is 12.9. The second-order valence-corrected chi connectivity index (χ2v) is 5.90. The monoisotopic (exact) mass is 281 g/mol. The number of rotatable bonds is 3. The van der Waals surface area contributed by atoms with E-state index in [0.29, 0.717) is 0 Å². The summed E-state index contributed by atoms with van der Waals surface area (Å²) in [4.78, 5) is 2.55. The molecule has 2 aromatic rings. The lowest BCUT2D eigenvalue weighted by molar-refractivity contribution is 0.279. The largest absolute Gasteiger partial charge is 0.497 e. The van der Waals surface area contributed by atoms with Gasteiger partial charge in [0.25, 0.3) is 0 Å². The van der Waals surface area contributed by atoms with Crippen molar-refractivity contribution in [3.8, 4) is 5.75 Å². The molecule has 0 unspecified atom stereocenters. The number of ether oxygens (including phenoxy) is 1. The number of hydrogen-bond acceptors (Lipinski definition) is 2. The van der Waals surface area contributed by atoms with Crippen molar-refractivity contribution in [3.05, 3.63) is 64.7 Å². The van der Waals surface area contributed by atoms with Crippen LogP contribution in [0.4, 0.5) is 0 Å². The zero-order valence-corrected chi connectivity index (χ0v) is 12.9. The molecule has 0 spiro atoms. The highest BCUT2D eigenvalue weighted by atomic mass is 16.5. The molecule has 0 saturated carbocycles. The lowest BCUT2D eigenvalue weighted by atomic mass is 10.0. The molecule has 3 rings (SSSR count). The van der Waals surface area contributed by atoms with Crippen molar-refractivity contribution in [1.29, 1.82) is 0 Å². The number of fused-ring (bicyclic) bond motifs is 1. The molecule has 110 valence electrons. The molecule has 1 aliphatic heterocycles. The Kier molecular flexibility index (Phi) is 4.26. The van der Waals surface area contributed by atoms with Crippen molar-refractivity contribution in [3.63, 3.8) is 0 Å².